The van der Waals surface area contributed by atoms with E-state index in [1.54, 1.807) is 0 Å². The van der Waals surface area contributed by atoms with E-state index < -0.39 is 69.8 Å². The van der Waals surface area contributed by atoms with Gasteiger partial charge in [0.15, 0.2) is 0 Å². The van der Waals surface area contributed by atoms with Crippen LogP contribution >= 0.6 is 0 Å². The molecule has 0 aromatic rings. The predicted octanol–water partition coefficient (Wildman–Crippen LogP) is 6.64. The highest BCUT2D eigenvalue weighted by molar-refractivity contribution is 6.61. The second-order valence-electron chi connectivity index (χ2n) is 18.9. The molecule has 0 spiro atoms. The van der Waals surface area contributed by atoms with E-state index in [1.165, 1.54) is 0 Å². The molecule has 4 saturated heterocycles. The second-order valence-corrected chi connectivity index (χ2v) is 29.8. The van der Waals surface area contributed by atoms with E-state index in [-0.39, 0.29) is 52.9 Å². The SMILES string of the molecule is CCO[Si](CCCOC1(C(OC(C2(OCCC[Si](OCC)(OCC)OCC)COC2)C2(OCCC[Si](OCC)(OCC)OCC)COC2)C2(OCCC[Si](OCC)(OCC)OCC)COC2)COC1)(OCC)OCC. The van der Waals surface area contributed by atoms with Crippen molar-refractivity contribution in [3.63, 3.8) is 0 Å². The quantitative estimate of drug-likeness (QED) is 0.0465. The van der Waals surface area contributed by atoms with Crippen LogP contribution in [0, 0.1) is 0 Å². The Hall–Kier alpha value is 0.0275. The van der Waals surface area contributed by atoms with Gasteiger partial charge in [0.05, 0.1) is 52.9 Å². The third kappa shape index (κ3) is 18.5. The topological polar surface area (TPSA) is 194 Å². The van der Waals surface area contributed by atoms with Crippen molar-refractivity contribution in [2.24, 2.45) is 0 Å². The molecule has 0 saturated carbocycles. The lowest BCUT2D eigenvalue weighted by Gasteiger charge is -2.61. The number of rotatable bonds is 50. The first kappa shape index (κ1) is 67.5. The molecular formula is C50H102O21Si4. The van der Waals surface area contributed by atoms with Crippen LogP contribution in [0.25, 0.3) is 0 Å². The normalized spacial score (nSPS) is 19.3. The first-order valence-corrected chi connectivity index (χ1v) is 36.3. The van der Waals surface area contributed by atoms with Gasteiger partial charge < -0.3 is 95.7 Å². The molecule has 0 atom stereocenters. The summed E-state index contributed by atoms with van der Waals surface area (Å²) in [4.78, 5) is 0. The molecule has 75 heavy (non-hydrogen) atoms. The van der Waals surface area contributed by atoms with Crippen LogP contribution in [0.3, 0.4) is 0 Å². The van der Waals surface area contributed by atoms with Gasteiger partial charge in [-0.3, -0.25) is 0 Å². The fourth-order valence-electron chi connectivity index (χ4n) is 10.3. The van der Waals surface area contributed by atoms with Crippen molar-refractivity contribution in [2.75, 3.05) is 159 Å². The molecule has 0 radical (unpaired) electrons. The van der Waals surface area contributed by atoms with Crippen molar-refractivity contribution >= 4 is 35.2 Å². The Bertz CT molecular complexity index is 1220. The van der Waals surface area contributed by atoms with E-state index >= 15 is 0 Å². The Kier molecular flexibility index (Phi) is 31.0. The van der Waals surface area contributed by atoms with Gasteiger partial charge in [0, 0.05) is 130 Å². The molecule has 0 aliphatic carbocycles. The summed E-state index contributed by atoms with van der Waals surface area (Å²) < 4.78 is 136. The van der Waals surface area contributed by atoms with Crippen molar-refractivity contribution < 1.29 is 95.7 Å². The van der Waals surface area contributed by atoms with Crippen molar-refractivity contribution in [3.8, 4) is 0 Å². The Morgan fingerprint density at radius 1 is 0.280 bits per heavy atom. The third-order valence-electron chi connectivity index (χ3n) is 13.4. The fourth-order valence-corrected chi connectivity index (χ4v) is 20.6. The molecule has 444 valence electrons. The smallest absolute Gasteiger partial charge is 0.375 e. The maximum absolute atomic E-state index is 7.85. The minimum absolute atomic E-state index is 0.252. The molecule has 25 heteroatoms. The van der Waals surface area contributed by atoms with Gasteiger partial charge in [-0.15, -0.1) is 0 Å². The Balaban J connectivity index is 1.76. The van der Waals surface area contributed by atoms with Gasteiger partial charge in [-0.05, 0) is 109 Å². The predicted molar refractivity (Wildman–Crippen MR) is 287 cm³/mol. The Morgan fingerprint density at radius 2 is 0.440 bits per heavy atom. The lowest BCUT2D eigenvalue weighted by atomic mass is 9.76. The highest BCUT2D eigenvalue weighted by Gasteiger charge is 2.68. The van der Waals surface area contributed by atoms with E-state index in [4.69, 9.17) is 95.7 Å². The molecule has 4 fully saturated rings. The maximum Gasteiger partial charge on any atom is 0.501 e. The maximum atomic E-state index is 7.85. The fraction of sp³-hybridized carbons (Fsp3) is 1.00. The Labute approximate surface area is 455 Å². The molecular weight excluding hydrogens is 1050 g/mol. The van der Waals surface area contributed by atoms with Crippen LogP contribution in [0.4, 0.5) is 0 Å². The Morgan fingerprint density at radius 3 is 0.560 bits per heavy atom. The number of hydrogen-bond donors (Lipinski definition) is 0. The molecule has 0 bridgehead atoms. The summed E-state index contributed by atoms with van der Waals surface area (Å²) in [5.74, 6) is 0. The minimum atomic E-state index is -2.97. The molecule has 0 aromatic heterocycles. The van der Waals surface area contributed by atoms with E-state index in [9.17, 15) is 0 Å². The largest absolute Gasteiger partial charge is 0.501 e. The molecule has 4 aliphatic heterocycles. The summed E-state index contributed by atoms with van der Waals surface area (Å²) in [6.45, 7) is 32.7. The van der Waals surface area contributed by atoms with Gasteiger partial charge in [0.2, 0.25) is 0 Å². The van der Waals surface area contributed by atoms with Crippen LogP contribution in [0.1, 0.15) is 109 Å². The van der Waals surface area contributed by atoms with Crippen LogP contribution in [0.15, 0.2) is 0 Å². The molecule has 21 nitrogen and oxygen atoms in total. The molecule has 0 unspecified atom stereocenters. The first-order valence-electron chi connectivity index (χ1n) is 28.5. The van der Waals surface area contributed by atoms with E-state index in [0.29, 0.717) is 156 Å². The van der Waals surface area contributed by atoms with Crippen LogP contribution in [-0.4, -0.2) is 228 Å². The zero-order valence-electron chi connectivity index (χ0n) is 48.4. The summed E-state index contributed by atoms with van der Waals surface area (Å²) in [6, 6.07) is 2.30. The van der Waals surface area contributed by atoms with Crippen LogP contribution in [0.2, 0.25) is 24.2 Å². The second kappa shape index (κ2) is 34.5. The average molecular weight is 1150 g/mol. The summed E-state index contributed by atoms with van der Waals surface area (Å²) >= 11 is 0. The highest BCUT2D eigenvalue weighted by Crippen LogP contribution is 2.47. The van der Waals surface area contributed by atoms with Gasteiger partial charge in [-0.25, -0.2) is 0 Å². The van der Waals surface area contributed by atoms with Crippen molar-refractivity contribution in [1.29, 1.82) is 0 Å². The third-order valence-corrected chi connectivity index (χ3v) is 26.0. The molecule has 4 heterocycles. The molecule has 0 N–H and O–H groups in total. The van der Waals surface area contributed by atoms with Gasteiger partial charge in [0.1, 0.15) is 34.6 Å². The highest BCUT2D eigenvalue weighted by atomic mass is 28.4. The standard InChI is InChI=1S/C50H102O21Si4/c1-13-59-72(60-14-2,61-15-3)33-25-29-55-47(37-51-38-47)45(48(39-52-40-48)56-30-26-34-73(62-16-4,63-17-5)64-18-6)71-46(49(41-53-42-49)57-31-27-35-74(65-19-7,66-20-8)67-21-9)50(43-54-44-50)58-32-28-36-75(68-22-10,69-23-11)70-24-12/h45-46H,13-44H2,1-12H3. The van der Waals surface area contributed by atoms with E-state index in [1.807, 2.05) is 83.1 Å². The zero-order chi connectivity index (χ0) is 54.6. The van der Waals surface area contributed by atoms with E-state index in [2.05, 4.69) is 0 Å². The lowest BCUT2D eigenvalue weighted by Crippen LogP contribution is -2.79. The average Bonchev–Trinajstić information content (AvgIpc) is 3.32. The van der Waals surface area contributed by atoms with Crippen LogP contribution in [0.5, 0.6) is 0 Å². The molecule has 0 amide bonds. The summed E-state index contributed by atoms with van der Waals surface area (Å²) in [6.07, 6.45) is 0.955. The minimum Gasteiger partial charge on any atom is -0.375 e. The molecule has 4 rings (SSSR count). The molecule has 0 aromatic carbocycles. The van der Waals surface area contributed by atoms with Crippen LogP contribution < -0.4 is 0 Å². The van der Waals surface area contributed by atoms with Gasteiger partial charge in [-0.2, -0.15) is 0 Å². The van der Waals surface area contributed by atoms with Crippen molar-refractivity contribution in [1.82, 2.24) is 0 Å². The monoisotopic (exact) mass is 1150 g/mol. The lowest BCUT2D eigenvalue weighted by molar-refractivity contribution is -0.396. The van der Waals surface area contributed by atoms with Crippen molar-refractivity contribution in [2.45, 2.75) is 168 Å². The number of hydrogen-bond acceptors (Lipinski definition) is 21. The molecule has 4 aliphatic rings. The first-order chi connectivity index (χ1) is 36.4. The van der Waals surface area contributed by atoms with Crippen molar-refractivity contribution in [3.05, 3.63) is 0 Å². The van der Waals surface area contributed by atoms with Crippen LogP contribution in [-0.2, 0) is 95.7 Å². The summed E-state index contributed by atoms with van der Waals surface area (Å²) in [5.41, 5.74) is -3.88. The van der Waals surface area contributed by atoms with Gasteiger partial charge in [-0.1, -0.05) is 0 Å². The summed E-state index contributed by atoms with van der Waals surface area (Å²) in [7, 11) is -11.9. The van der Waals surface area contributed by atoms with E-state index in [0.717, 1.165) is 0 Å². The zero-order valence-corrected chi connectivity index (χ0v) is 52.4. The summed E-state index contributed by atoms with van der Waals surface area (Å²) in [5, 5.41) is 0. The van der Waals surface area contributed by atoms with Gasteiger partial charge in [0.25, 0.3) is 0 Å². The number of ether oxygens (including phenoxy) is 9. The van der Waals surface area contributed by atoms with Gasteiger partial charge >= 0.3 is 35.2 Å².